The Morgan fingerprint density at radius 3 is 1.71 bits per heavy atom. The summed E-state index contributed by atoms with van der Waals surface area (Å²) in [6.45, 7) is 12.4. The summed E-state index contributed by atoms with van der Waals surface area (Å²) < 4.78 is 4.66. The number of esters is 1. The molecule has 1 rings (SSSR count). The molecule has 0 bridgehead atoms. The van der Waals surface area contributed by atoms with E-state index < -0.39 is 5.97 Å². The number of hydrogen-bond donors (Lipinski definition) is 0. The number of likely N-dealkylation sites (N-methyl/N-ethyl adjacent to an activating group) is 1. The Labute approximate surface area is 127 Å². The van der Waals surface area contributed by atoms with Crippen LogP contribution in [0.4, 0.5) is 0 Å². The van der Waals surface area contributed by atoms with E-state index in [4.69, 9.17) is 0 Å². The summed E-state index contributed by atoms with van der Waals surface area (Å²) in [4.78, 5) is 25.8. The topological polar surface area (TPSA) is 46.6 Å². The van der Waals surface area contributed by atoms with E-state index >= 15 is 0 Å². The highest BCUT2D eigenvalue weighted by atomic mass is 16.5. The lowest BCUT2D eigenvalue weighted by Gasteiger charge is -2.24. The van der Waals surface area contributed by atoms with Crippen LogP contribution in [-0.2, 0) is 9.53 Å². The number of amides is 1. The fourth-order valence-corrected chi connectivity index (χ4v) is 2.53. The highest BCUT2D eigenvalue weighted by molar-refractivity contribution is 5.99. The number of hydrogen-bond acceptors (Lipinski definition) is 3. The van der Waals surface area contributed by atoms with E-state index in [0.717, 1.165) is 22.3 Å². The second-order valence-electron chi connectivity index (χ2n) is 5.40. The molecular formula is C17H25NO3. The van der Waals surface area contributed by atoms with Crippen LogP contribution in [0.1, 0.15) is 45.1 Å². The van der Waals surface area contributed by atoms with Crippen LogP contribution in [0.15, 0.2) is 0 Å². The van der Waals surface area contributed by atoms with Gasteiger partial charge >= 0.3 is 5.97 Å². The van der Waals surface area contributed by atoms with Gasteiger partial charge in [0.1, 0.15) is 6.54 Å². The molecule has 0 saturated heterocycles. The molecule has 0 aliphatic rings. The molecule has 4 nitrogen and oxygen atoms in total. The van der Waals surface area contributed by atoms with Crippen molar-refractivity contribution in [1.82, 2.24) is 4.90 Å². The first-order valence-electron chi connectivity index (χ1n) is 7.19. The predicted octanol–water partition coefficient (Wildman–Crippen LogP) is 2.86. The maximum Gasteiger partial charge on any atom is 0.325 e. The van der Waals surface area contributed by atoms with Gasteiger partial charge in [0.25, 0.3) is 5.91 Å². The number of nitrogens with zero attached hydrogens (tertiary/aromatic N) is 1. The van der Waals surface area contributed by atoms with Crippen molar-refractivity contribution in [1.29, 1.82) is 0 Å². The first kappa shape index (κ1) is 17.2. The zero-order chi connectivity index (χ0) is 16.3. The maximum atomic E-state index is 12.8. The zero-order valence-corrected chi connectivity index (χ0v) is 14.1. The molecule has 0 fully saturated rings. The van der Waals surface area contributed by atoms with E-state index in [1.165, 1.54) is 17.6 Å². The lowest BCUT2D eigenvalue weighted by molar-refractivity contribution is -0.141. The normalized spacial score (nSPS) is 10.4. The third-order valence-electron chi connectivity index (χ3n) is 4.43. The Morgan fingerprint density at radius 2 is 1.33 bits per heavy atom. The van der Waals surface area contributed by atoms with E-state index in [9.17, 15) is 9.59 Å². The average molecular weight is 291 g/mol. The van der Waals surface area contributed by atoms with E-state index in [1.807, 2.05) is 34.6 Å². The van der Waals surface area contributed by atoms with Crippen molar-refractivity contribution in [3.8, 4) is 0 Å². The van der Waals surface area contributed by atoms with E-state index in [1.54, 1.807) is 0 Å². The van der Waals surface area contributed by atoms with Gasteiger partial charge < -0.3 is 9.64 Å². The van der Waals surface area contributed by atoms with Gasteiger partial charge in [-0.15, -0.1) is 0 Å². The largest absolute Gasteiger partial charge is 0.468 e. The van der Waals surface area contributed by atoms with Crippen molar-refractivity contribution in [3.05, 3.63) is 33.4 Å². The Kier molecular flexibility index (Phi) is 5.53. The number of ether oxygens (including phenoxy) is 1. The van der Waals surface area contributed by atoms with E-state index in [0.29, 0.717) is 12.1 Å². The molecule has 1 amide bonds. The molecule has 0 unspecified atom stereocenters. The van der Waals surface area contributed by atoms with Gasteiger partial charge in [-0.2, -0.15) is 0 Å². The molecule has 0 N–H and O–H groups in total. The van der Waals surface area contributed by atoms with Gasteiger partial charge in [0.2, 0.25) is 0 Å². The number of carbonyl (C=O) groups excluding carboxylic acids is 2. The van der Waals surface area contributed by atoms with E-state index in [2.05, 4.69) is 11.7 Å². The predicted molar refractivity (Wildman–Crippen MR) is 83.7 cm³/mol. The molecule has 116 valence electrons. The van der Waals surface area contributed by atoms with Gasteiger partial charge in [-0.05, 0) is 69.4 Å². The minimum absolute atomic E-state index is 0.0172. The standard InChI is InChI=1S/C17H25NO3/c1-8-18(9-15(19)21-7)17(20)16-13(5)11(3)10(2)12(4)14(16)6/h8-9H2,1-7H3. The molecule has 0 spiro atoms. The smallest absolute Gasteiger partial charge is 0.325 e. The molecule has 0 atom stereocenters. The van der Waals surface area contributed by atoms with Crippen LogP contribution in [0.3, 0.4) is 0 Å². The van der Waals surface area contributed by atoms with Crippen molar-refractivity contribution in [2.24, 2.45) is 0 Å². The van der Waals surface area contributed by atoms with Crippen LogP contribution in [-0.4, -0.2) is 37.0 Å². The van der Waals surface area contributed by atoms with Crippen LogP contribution in [0.2, 0.25) is 0 Å². The molecule has 4 heteroatoms. The van der Waals surface area contributed by atoms with Crippen molar-refractivity contribution in [2.75, 3.05) is 20.2 Å². The Hall–Kier alpha value is -1.84. The molecule has 21 heavy (non-hydrogen) atoms. The minimum atomic E-state index is -0.402. The van der Waals surface area contributed by atoms with Gasteiger partial charge in [-0.25, -0.2) is 0 Å². The molecule has 1 aromatic rings. The fourth-order valence-electron chi connectivity index (χ4n) is 2.53. The van der Waals surface area contributed by atoms with Crippen molar-refractivity contribution in [3.63, 3.8) is 0 Å². The highest BCUT2D eigenvalue weighted by Crippen LogP contribution is 2.27. The molecule has 0 saturated carbocycles. The summed E-state index contributed by atoms with van der Waals surface area (Å²) >= 11 is 0. The Balaban J connectivity index is 3.32. The molecular weight excluding hydrogens is 266 g/mol. The van der Waals surface area contributed by atoms with Crippen LogP contribution >= 0.6 is 0 Å². The quantitative estimate of drug-likeness (QED) is 0.801. The molecule has 1 aromatic carbocycles. The summed E-state index contributed by atoms with van der Waals surface area (Å²) in [5, 5.41) is 0. The summed E-state index contributed by atoms with van der Waals surface area (Å²) in [6, 6.07) is 0. The molecule has 0 heterocycles. The summed E-state index contributed by atoms with van der Waals surface area (Å²) in [5.74, 6) is -0.509. The van der Waals surface area contributed by atoms with Crippen molar-refractivity contribution < 1.29 is 14.3 Å². The monoisotopic (exact) mass is 291 g/mol. The Bertz CT molecular complexity index is 547. The van der Waals surface area contributed by atoms with Crippen LogP contribution < -0.4 is 0 Å². The van der Waals surface area contributed by atoms with Gasteiger partial charge in [-0.1, -0.05) is 0 Å². The third-order valence-corrected chi connectivity index (χ3v) is 4.43. The lowest BCUT2D eigenvalue weighted by atomic mass is 9.89. The minimum Gasteiger partial charge on any atom is -0.468 e. The fraction of sp³-hybridized carbons (Fsp3) is 0.529. The van der Waals surface area contributed by atoms with E-state index in [-0.39, 0.29) is 12.5 Å². The first-order valence-corrected chi connectivity index (χ1v) is 7.19. The molecule has 0 aromatic heterocycles. The third kappa shape index (κ3) is 3.26. The number of benzene rings is 1. The van der Waals surface area contributed by atoms with Gasteiger partial charge in [-0.3, -0.25) is 9.59 Å². The summed E-state index contributed by atoms with van der Waals surface area (Å²) in [6.07, 6.45) is 0. The molecule has 0 radical (unpaired) electrons. The average Bonchev–Trinajstić information content (AvgIpc) is 2.48. The number of carbonyl (C=O) groups is 2. The number of methoxy groups -OCH3 is 1. The zero-order valence-electron chi connectivity index (χ0n) is 14.1. The van der Waals surface area contributed by atoms with Crippen LogP contribution in [0.25, 0.3) is 0 Å². The second-order valence-corrected chi connectivity index (χ2v) is 5.40. The van der Waals surface area contributed by atoms with Gasteiger partial charge in [0, 0.05) is 12.1 Å². The highest BCUT2D eigenvalue weighted by Gasteiger charge is 2.23. The second kappa shape index (κ2) is 6.74. The van der Waals surface area contributed by atoms with Crippen molar-refractivity contribution >= 4 is 11.9 Å². The summed E-state index contributed by atoms with van der Waals surface area (Å²) in [7, 11) is 1.33. The SMILES string of the molecule is CCN(CC(=O)OC)C(=O)c1c(C)c(C)c(C)c(C)c1C. The Morgan fingerprint density at radius 1 is 0.905 bits per heavy atom. The number of rotatable bonds is 4. The van der Waals surface area contributed by atoms with Crippen molar-refractivity contribution in [2.45, 2.75) is 41.5 Å². The van der Waals surface area contributed by atoms with Crippen LogP contribution in [0, 0.1) is 34.6 Å². The maximum absolute atomic E-state index is 12.8. The summed E-state index contributed by atoms with van der Waals surface area (Å²) in [5.41, 5.74) is 6.18. The molecule has 0 aliphatic carbocycles. The first-order chi connectivity index (χ1) is 9.76. The van der Waals surface area contributed by atoms with Crippen LogP contribution in [0.5, 0.6) is 0 Å². The van der Waals surface area contributed by atoms with Gasteiger partial charge in [0.15, 0.2) is 0 Å². The molecule has 0 aliphatic heterocycles. The lowest BCUT2D eigenvalue weighted by Crippen LogP contribution is -2.37. The van der Waals surface area contributed by atoms with Gasteiger partial charge in [0.05, 0.1) is 7.11 Å².